The Morgan fingerprint density at radius 2 is 1.80 bits per heavy atom. The molecule has 0 bridgehead atoms. The Morgan fingerprint density at radius 1 is 1.13 bits per heavy atom. The topological polar surface area (TPSA) is 81.1 Å². The lowest BCUT2D eigenvalue weighted by molar-refractivity contribution is -0.114. The molecular formula is C20H18F3N3O3S. The first-order valence-corrected chi connectivity index (χ1v) is 10.4. The standard InChI is InChI=1S/C20H18F3N3O3S/c1-3-26-18-10-9-16(30(28,29)20(21,22)23)12-17(18)25-19(26)11-6-14-4-7-15(8-5-14)24-13(2)27/h4-12H,3H2,1-2H3,(H,24,27)/b11-6+. The summed E-state index contributed by atoms with van der Waals surface area (Å²) >= 11 is 0. The Bertz CT molecular complexity index is 1230. The number of carbonyl (C=O) groups is 1. The molecule has 158 valence electrons. The van der Waals surface area contributed by atoms with Crippen molar-refractivity contribution in [3.8, 4) is 0 Å². The Labute approximate surface area is 171 Å². The Morgan fingerprint density at radius 3 is 2.37 bits per heavy atom. The minimum absolute atomic E-state index is 0.155. The highest BCUT2D eigenvalue weighted by Crippen LogP contribution is 2.32. The molecule has 3 aromatic rings. The van der Waals surface area contributed by atoms with Crippen LogP contribution in [0.1, 0.15) is 25.2 Å². The first-order valence-electron chi connectivity index (χ1n) is 8.90. The SMILES string of the molecule is CCn1c(/C=C/c2ccc(NC(C)=O)cc2)nc2cc(S(=O)(=O)C(F)(F)F)ccc21. The number of nitrogens with zero attached hydrogens (tertiary/aromatic N) is 2. The van der Waals surface area contributed by atoms with Gasteiger partial charge in [0.25, 0.3) is 9.84 Å². The smallest absolute Gasteiger partial charge is 0.326 e. The van der Waals surface area contributed by atoms with E-state index in [1.807, 2.05) is 6.92 Å². The van der Waals surface area contributed by atoms with Crippen LogP contribution in [-0.4, -0.2) is 29.4 Å². The lowest BCUT2D eigenvalue weighted by Gasteiger charge is -2.08. The average Bonchev–Trinajstić information content (AvgIpc) is 3.02. The summed E-state index contributed by atoms with van der Waals surface area (Å²) in [6.07, 6.45) is 3.45. The summed E-state index contributed by atoms with van der Waals surface area (Å²) in [5.41, 5.74) is -3.22. The van der Waals surface area contributed by atoms with Gasteiger partial charge in [0, 0.05) is 19.2 Å². The van der Waals surface area contributed by atoms with Gasteiger partial charge in [0.15, 0.2) is 0 Å². The zero-order valence-electron chi connectivity index (χ0n) is 16.1. The van der Waals surface area contributed by atoms with Gasteiger partial charge in [0.2, 0.25) is 5.91 Å². The molecule has 30 heavy (non-hydrogen) atoms. The number of hydrogen-bond acceptors (Lipinski definition) is 4. The molecule has 0 unspecified atom stereocenters. The Balaban J connectivity index is 1.96. The fourth-order valence-electron chi connectivity index (χ4n) is 2.94. The summed E-state index contributed by atoms with van der Waals surface area (Å²) in [6.45, 7) is 3.75. The molecule has 0 fully saturated rings. The first-order chi connectivity index (χ1) is 14.0. The molecule has 3 rings (SSSR count). The molecule has 0 aliphatic carbocycles. The fourth-order valence-corrected chi connectivity index (χ4v) is 3.72. The third kappa shape index (κ3) is 4.23. The van der Waals surface area contributed by atoms with Crippen LogP contribution in [0, 0.1) is 0 Å². The van der Waals surface area contributed by atoms with Crippen LogP contribution in [0.25, 0.3) is 23.2 Å². The zero-order valence-corrected chi connectivity index (χ0v) is 16.9. The predicted molar refractivity (Wildman–Crippen MR) is 108 cm³/mol. The van der Waals surface area contributed by atoms with E-state index in [4.69, 9.17) is 0 Å². The van der Waals surface area contributed by atoms with Gasteiger partial charge in [0.1, 0.15) is 5.82 Å². The van der Waals surface area contributed by atoms with Crippen molar-refractivity contribution in [3.63, 3.8) is 0 Å². The second-order valence-electron chi connectivity index (χ2n) is 6.45. The second-order valence-corrected chi connectivity index (χ2v) is 8.39. The van der Waals surface area contributed by atoms with Gasteiger partial charge in [-0.3, -0.25) is 4.79 Å². The van der Waals surface area contributed by atoms with E-state index in [-0.39, 0.29) is 11.4 Å². The molecule has 1 N–H and O–H groups in total. The van der Waals surface area contributed by atoms with Crippen molar-refractivity contribution in [3.05, 3.63) is 53.9 Å². The van der Waals surface area contributed by atoms with Crippen LogP contribution in [0.5, 0.6) is 0 Å². The fraction of sp³-hybridized carbons (Fsp3) is 0.200. The molecule has 0 aliphatic heterocycles. The molecule has 0 aliphatic rings. The van der Waals surface area contributed by atoms with Crippen LogP contribution in [-0.2, 0) is 21.2 Å². The van der Waals surface area contributed by atoms with Gasteiger partial charge in [-0.15, -0.1) is 0 Å². The third-order valence-electron chi connectivity index (χ3n) is 4.34. The number of benzene rings is 2. The maximum Gasteiger partial charge on any atom is 0.501 e. The maximum atomic E-state index is 12.8. The number of rotatable bonds is 5. The largest absolute Gasteiger partial charge is 0.501 e. The van der Waals surface area contributed by atoms with Crippen LogP contribution in [0.15, 0.2) is 47.4 Å². The number of nitrogens with one attached hydrogen (secondary N) is 1. The number of fused-ring (bicyclic) bond motifs is 1. The molecule has 2 aromatic carbocycles. The van der Waals surface area contributed by atoms with Crippen molar-refractivity contribution in [2.24, 2.45) is 0 Å². The summed E-state index contributed by atoms with van der Waals surface area (Å²) < 4.78 is 63.6. The van der Waals surface area contributed by atoms with Gasteiger partial charge >= 0.3 is 5.51 Å². The van der Waals surface area contributed by atoms with Gasteiger partial charge in [0.05, 0.1) is 15.9 Å². The van der Waals surface area contributed by atoms with E-state index in [2.05, 4.69) is 10.3 Å². The third-order valence-corrected chi connectivity index (χ3v) is 5.82. The predicted octanol–water partition coefficient (Wildman–Crippen LogP) is 4.48. The number of aromatic nitrogens is 2. The summed E-state index contributed by atoms with van der Waals surface area (Å²) in [5.74, 6) is 0.293. The van der Waals surface area contributed by atoms with E-state index in [1.54, 1.807) is 41.0 Å². The van der Waals surface area contributed by atoms with Crippen LogP contribution >= 0.6 is 0 Å². The quantitative estimate of drug-likeness (QED) is 0.638. The van der Waals surface area contributed by atoms with Gasteiger partial charge in [-0.05, 0) is 48.9 Å². The van der Waals surface area contributed by atoms with Crippen molar-refractivity contribution in [1.29, 1.82) is 0 Å². The average molecular weight is 437 g/mol. The summed E-state index contributed by atoms with van der Waals surface area (Å²) in [7, 11) is -5.44. The first kappa shape index (κ1) is 21.6. The molecule has 0 atom stereocenters. The molecule has 10 heteroatoms. The highest BCUT2D eigenvalue weighted by Gasteiger charge is 2.47. The Hall–Kier alpha value is -3.14. The lowest BCUT2D eigenvalue weighted by Crippen LogP contribution is -2.23. The van der Waals surface area contributed by atoms with E-state index in [1.165, 1.54) is 13.0 Å². The summed E-state index contributed by atoms with van der Waals surface area (Å²) in [6, 6.07) is 10.2. The van der Waals surface area contributed by atoms with Gasteiger partial charge in [-0.2, -0.15) is 13.2 Å². The zero-order chi connectivity index (χ0) is 22.1. The molecule has 1 heterocycles. The monoisotopic (exact) mass is 437 g/mol. The molecule has 1 aromatic heterocycles. The number of sulfone groups is 1. The number of halogens is 3. The van der Waals surface area contributed by atoms with Crippen LogP contribution < -0.4 is 5.32 Å². The maximum absolute atomic E-state index is 12.8. The van der Waals surface area contributed by atoms with Gasteiger partial charge in [-0.25, -0.2) is 13.4 Å². The minimum Gasteiger partial charge on any atom is -0.326 e. The van der Waals surface area contributed by atoms with Crippen molar-refractivity contribution < 1.29 is 26.4 Å². The number of alkyl halides is 3. The molecule has 0 spiro atoms. The van der Waals surface area contributed by atoms with Gasteiger partial charge in [-0.1, -0.05) is 18.2 Å². The molecule has 0 saturated carbocycles. The highest BCUT2D eigenvalue weighted by molar-refractivity contribution is 7.92. The van der Waals surface area contributed by atoms with Crippen molar-refractivity contribution in [2.75, 3.05) is 5.32 Å². The summed E-state index contributed by atoms with van der Waals surface area (Å²) in [5, 5.41) is 2.66. The van der Waals surface area contributed by atoms with Crippen LogP contribution in [0.3, 0.4) is 0 Å². The second kappa shape index (κ2) is 7.94. The number of amides is 1. The lowest BCUT2D eigenvalue weighted by atomic mass is 10.2. The van der Waals surface area contributed by atoms with E-state index in [0.717, 1.165) is 17.7 Å². The van der Waals surface area contributed by atoms with E-state index in [9.17, 15) is 26.4 Å². The van der Waals surface area contributed by atoms with Crippen molar-refractivity contribution in [1.82, 2.24) is 9.55 Å². The normalized spacial score (nSPS) is 12.6. The molecule has 0 saturated heterocycles. The van der Waals surface area contributed by atoms with Crippen molar-refractivity contribution >= 4 is 44.6 Å². The van der Waals surface area contributed by atoms with E-state index in [0.29, 0.717) is 23.6 Å². The number of anilines is 1. The van der Waals surface area contributed by atoms with Crippen molar-refractivity contribution in [2.45, 2.75) is 30.8 Å². The Kier molecular flexibility index (Phi) is 5.71. The molecular weight excluding hydrogens is 419 g/mol. The van der Waals surface area contributed by atoms with Gasteiger partial charge < -0.3 is 9.88 Å². The van der Waals surface area contributed by atoms with E-state index < -0.39 is 20.2 Å². The number of hydrogen-bond donors (Lipinski definition) is 1. The highest BCUT2D eigenvalue weighted by atomic mass is 32.2. The number of imidazole rings is 1. The van der Waals surface area contributed by atoms with E-state index >= 15 is 0 Å². The van der Waals surface area contributed by atoms with Crippen LogP contribution in [0.4, 0.5) is 18.9 Å². The van der Waals surface area contributed by atoms with Crippen LogP contribution in [0.2, 0.25) is 0 Å². The number of aryl methyl sites for hydroxylation is 1. The molecule has 0 radical (unpaired) electrons. The minimum atomic E-state index is -5.44. The molecule has 6 nitrogen and oxygen atoms in total. The number of carbonyl (C=O) groups excluding carboxylic acids is 1. The molecule has 1 amide bonds. The summed E-state index contributed by atoms with van der Waals surface area (Å²) in [4.78, 5) is 14.5.